The first-order valence-corrected chi connectivity index (χ1v) is 3.83. The number of hydrogen-bond donors (Lipinski definition) is 1. The predicted octanol–water partition coefficient (Wildman–Crippen LogP) is 0.214. The molecule has 1 aliphatic carbocycles. The molecule has 0 amide bonds. The quantitative estimate of drug-likeness (QED) is 0.600. The van der Waals surface area contributed by atoms with Crippen molar-refractivity contribution in [3.8, 4) is 6.07 Å². The van der Waals surface area contributed by atoms with Gasteiger partial charge in [-0.1, -0.05) is 6.42 Å². The van der Waals surface area contributed by atoms with Crippen LogP contribution in [0.4, 0.5) is 0 Å². The highest BCUT2D eigenvalue weighted by molar-refractivity contribution is 5.76. The van der Waals surface area contributed by atoms with Crippen molar-refractivity contribution in [2.24, 2.45) is 5.41 Å². The lowest BCUT2D eigenvalue weighted by atomic mass is 9.66. The maximum atomic E-state index is 10.9. The second-order valence-corrected chi connectivity index (χ2v) is 3.05. The fourth-order valence-electron chi connectivity index (χ4n) is 1.34. The predicted molar refractivity (Wildman–Crippen MR) is 39.9 cm³/mol. The van der Waals surface area contributed by atoms with Gasteiger partial charge in [0.1, 0.15) is 0 Å². The largest absolute Gasteiger partial charge is 0.467 e. The third-order valence-electron chi connectivity index (χ3n) is 2.42. The van der Waals surface area contributed by atoms with Gasteiger partial charge in [-0.3, -0.25) is 0 Å². The smallest absolute Gasteiger partial charge is 0.336 e. The van der Waals surface area contributed by atoms with Crippen LogP contribution in [0.15, 0.2) is 0 Å². The second-order valence-electron chi connectivity index (χ2n) is 3.05. The topological polar surface area (TPSA) is 70.3 Å². The number of carbonyl (C=O) groups excluding carboxylic acids is 1. The molecule has 0 aliphatic heterocycles. The molecule has 1 rings (SSSR count). The molecule has 0 heterocycles. The molecule has 12 heavy (non-hydrogen) atoms. The van der Waals surface area contributed by atoms with Crippen LogP contribution >= 0.6 is 0 Å². The van der Waals surface area contributed by atoms with Gasteiger partial charge in [0, 0.05) is 0 Å². The van der Waals surface area contributed by atoms with Crippen molar-refractivity contribution >= 4 is 5.97 Å². The highest BCUT2D eigenvalue weighted by Gasteiger charge is 2.48. The molecule has 0 bridgehead atoms. The summed E-state index contributed by atoms with van der Waals surface area (Å²) in [5, 5.41) is 18.1. The number of carbonyl (C=O) groups is 1. The zero-order valence-corrected chi connectivity index (χ0v) is 6.91. The number of aliphatic hydroxyl groups excluding tert-OH is 1. The van der Waals surface area contributed by atoms with Gasteiger partial charge in [-0.05, 0) is 12.8 Å². The van der Waals surface area contributed by atoms with E-state index in [2.05, 4.69) is 4.74 Å². The van der Waals surface area contributed by atoms with E-state index in [9.17, 15) is 9.90 Å². The molecule has 1 N–H and O–H groups in total. The minimum atomic E-state index is -1.28. The Morgan fingerprint density at radius 3 is 2.58 bits per heavy atom. The van der Waals surface area contributed by atoms with Crippen LogP contribution in [0.1, 0.15) is 19.3 Å². The first kappa shape index (κ1) is 9.01. The molecule has 1 saturated carbocycles. The van der Waals surface area contributed by atoms with Crippen molar-refractivity contribution in [1.29, 1.82) is 5.26 Å². The molecule has 1 fully saturated rings. The van der Waals surface area contributed by atoms with E-state index in [-0.39, 0.29) is 0 Å². The third kappa shape index (κ3) is 1.16. The van der Waals surface area contributed by atoms with Gasteiger partial charge < -0.3 is 9.84 Å². The van der Waals surface area contributed by atoms with Gasteiger partial charge in [0.15, 0.2) is 6.10 Å². The van der Waals surface area contributed by atoms with E-state index in [0.29, 0.717) is 12.8 Å². The molecule has 0 aromatic carbocycles. The zero-order chi connectivity index (χ0) is 9.19. The lowest BCUT2D eigenvalue weighted by Gasteiger charge is -2.37. The summed E-state index contributed by atoms with van der Waals surface area (Å²) in [5.41, 5.74) is -0.868. The first-order chi connectivity index (χ1) is 5.66. The van der Waals surface area contributed by atoms with Crippen LogP contribution in [0.25, 0.3) is 0 Å². The minimum Gasteiger partial charge on any atom is -0.467 e. The fourth-order valence-corrected chi connectivity index (χ4v) is 1.34. The van der Waals surface area contributed by atoms with Crippen molar-refractivity contribution in [2.45, 2.75) is 25.4 Å². The van der Waals surface area contributed by atoms with E-state index in [4.69, 9.17) is 5.26 Å². The van der Waals surface area contributed by atoms with Crippen LogP contribution < -0.4 is 0 Å². The molecular formula is C8H11NO3. The minimum absolute atomic E-state index is 0.583. The summed E-state index contributed by atoms with van der Waals surface area (Å²) in [7, 11) is 1.20. The number of esters is 1. The second kappa shape index (κ2) is 3.11. The SMILES string of the molecule is COC(=O)C(O)C1(C#N)CCC1. The van der Waals surface area contributed by atoms with Crippen LogP contribution in [-0.4, -0.2) is 24.3 Å². The number of aliphatic hydroxyl groups is 1. The maximum absolute atomic E-state index is 10.9. The molecule has 1 aliphatic rings. The van der Waals surface area contributed by atoms with Crippen LogP contribution in [-0.2, 0) is 9.53 Å². The third-order valence-corrected chi connectivity index (χ3v) is 2.42. The van der Waals surface area contributed by atoms with Gasteiger partial charge in [0.05, 0.1) is 18.6 Å². The molecule has 1 atom stereocenters. The van der Waals surface area contributed by atoms with Gasteiger partial charge in [-0.25, -0.2) is 4.79 Å². The normalized spacial score (nSPS) is 21.8. The van der Waals surface area contributed by atoms with Crippen molar-refractivity contribution in [3.05, 3.63) is 0 Å². The molecule has 0 aromatic heterocycles. The fraction of sp³-hybridized carbons (Fsp3) is 0.750. The molecule has 4 heteroatoms. The Hall–Kier alpha value is -1.08. The van der Waals surface area contributed by atoms with Crippen LogP contribution in [0, 0.1) is 16.7 Å². The van der Waals surface area contributed by atoms with Crippen LogP contribution in [0.5, 0.6) is 0 Å². The summed E-state index contributed by atoms with van der Waals surface area (Å²) in [4.78, 5) is 10.9. The summed E-state index contributed by atoms with van der Waals surface area (Å²) in [6, 6.07) is 1.98. The maximum Gasteiger partial charge on any atom is 0.336 e. The van der Waals surface area contributed by atoms with Crippen molar-refractivity contribution in [2.75, 3.05) is 7.11 Å². The molecule has 0 radical (unpaired) electrons. The summed E-state index contributed by atoms with van der Waals surface area (Å²) >= 11 is 0. The summed E-state index contributed by atoms with van der Waals surface area (Å²) in [6.07, 6.45) is 0.780. The van der Waals surface area contributed by atoms with Crippen LogP contribution in [0.2, 0.25) is 0 Å². The molecule has 66 valence electrons. The number of hydrogen-bond acceptors (Lipinski definition) is 4. The van der Waals surface area contributed by atoms with E-state index in [1.807, 2.05) is 6.07 Å². The van der Waals surface area contributed by atoms with E-state index in [1.165, 1.54) is 7.11 Å². The Kier molecular flexibility index (Phi) is 2.34. The standard InChI is InChI=1S/C8H11NO3/c1-12-7(11)6(10)8(5-9)3-2-4-8/h6,10H,2-4H2,1H3. The number of nitriles is 1. The molecule has 0 aromatic rings. The molecule has 0 saturated heterocycles. The Morgan fingerprint density at radius 1 is 1.75 bits per heavy atom. The molecule has 1 unspecified atom stereocenters. The van der Waals surface area contributed by atoms with E-state index in [1.54, 1.807) is 0 Å². The summed E-state index contributed by atoms with van der Waals surface area (Å²) < 4.78 is 4.36. The average molecular weight is 169 g/mol. The van der Waals surface area contributed by atoms with Gasteiger partial charge >= 0.3 is 5.97 Å². The summed E-state index contributed by atoms with van der Waals surface area (Å²) in [5.74, 6) is -0.712. The Labute approximate surface area is 70.7 Å². The number of methoxy groups -OCH3 is 1. The number of nitrogens with zero attached hydrogens (tertiary/aromatic N) is 1. The molecular weight excluding hydrogens is 158 g/mol. The molecule has 0 spiro atoms. The lowest BCUT2D eigenvalue weighted by Crippen LogP contribution is -2.45. The van der Waals surface area contributed by atoms with Crippen molar-refractivity contribution < 1.29 is 14.6 Å². The van der Waals surface area contributed by atoms with Gasteiger partial charge in [0.25, 0.3) is 0 Å². The Balaban J connectivity index is 2.68. The number of rotatable bonds is 2. The number of ether oxygens (including phenoxy) is 1. The molecule has 4 nitrogen and oxygen atoms in total. The Bertz CT molecular complexity index is 227. The van der Waals surface area contributed by atoms with Gasteiger partial charge in [0.2, 0.25) is 0 Å². The average Bonchev–Trinajstić information content (AvgIpc) is 2.02. The van der Waals surface area contributed by atoms with Gasteiger partial charge in [-0.15, -0.1) is 0 Å². The monoisotopic (exact) mass is 169 g/mol. The highest BCUT2D eigenvalue weighted by Crippen LogP contribution is 2.43. The van der Waals surface area contributed by atoms with Crippen molar-refractivity contribution in [3.63, 3.8) is 0 Å². The van der Waals surface area contributed by atoms with Gasteiger partial charge in [-0.2, -0.15) is 5.26 Å². The van der Waals surface area contributed by atoms with Crippen LogP contribution in [0.3, 0.4) is 0 Å². The van der Waals surface area contributed by atoms with E-state index >= 15 is 0 Å². The Morgan fingerprint density at radius 2 is 2.33 bits per heavy atom. The lowest BCUT2D eigenvalue weighted by molar-refractivity contribution is -0.159. The summed E-state index contributed by atoms with van der Waals surface area (Å²) in [6.45, 7) is 0. The van der Waals surface area contributed by atoms with E-state index in [0.717, 1.165) is 6.42 Å². The first-order valence-electron chi connectivity index (χ1n) is 3.83. The van der Waals surface area contributed by atoms with E-state index < -0.39 is 17.5 Å². The highest BCUT2D eigenvalue weighted by atomic mass is 16.5. The zero-order valence-electron chi connectivity index (χ0n) is 6.91. The van der Waals surface area contributed by atoms with Crippen molar-refractivity contribution in [1.82, 2.24) is 0 Å².